The first-order valence-electron chi connectivity index (χ1n) is 7.09. The Labute approximate surface area is 147 Å². The molecule has 0 aliphatic heterocycles. The van der Waals surface area contributed by atoms with E-state index in [0.717, 1.165) is 12.1 Å². The second-order valence-electron chi connectivity index (χ2n) is 5.05. The molecule has 1 aromatic carbocycles. The molecular formula is C14H9ClN4O7. The summed E-state index contributed by atoms with van der Waals surface area (Å²) in [6.07, 6.45) is 0. The molecule has 12 heteroatoms. The summed E-state index contributed by atoms with van der Waals surface area (Å²) in [6, 6.07) is 2.16. The maximum absolute atomic E-state index is 12.3. The maximum Gasteiger partial charge on any atom is 0.357 e. The minimum Gasteiger partial charge on any atom is -0.476 e. The quantitative estimate of drug-likeness (QED) is 0.392. The van der Waals surface area contributed by atoms with Crippen LogP contribution < -0.4 is 5.69 Å². The van der Waals surface area contributed by atoms with Gasteiger partial charge in [-0.05, 0) is 13.0 Å². The van der Waals surface area contributed by atoms with E-state index in [0.29, 0.717) is 4.52 Å². The number of rotatable bonds is 4. The lowest BCUT2D eigenvalue weighted by molar-refractivity contribution is -0.384. The Bertz CT molecular complexity index is 1160. The number of hydrogen-bond donors (Lipinski definition) is 2. The summed E-state index contributed by atoms with van der Waals surface area (Å²) >= 11 is 5.84. The number of nitrogens with one attached hydrogen (secondary N) is 1. The van der Waals surface area contributed by atoms with Gasteiger partial charge < -0.3 is 14.8 Å². The Kier molecular flexibility index (Phi) is 4.08. The van der Waals surface area contributed by atoms with Gasteiger partial charge in [0.15, 0.2) is 5.69 Å². The number of benzene rings is 1. The predicted molar refractivity (Wildman–Crippen MR) is 87.9 cm³/mol. The van der Waals surface area contributed by atoms with Crippen molar-refractivity contribution in [2.45, 2.75) is 6.92 Å². The number of fused-ring (bicyclic) bond motifs is 3. The highest BCUT2D eigenvalue weighted by Gasteiger charge is 2.29. The molecule has 0 saturated carbocycles. The van der Waals surface area contributed by atoms with Gasteiger partial charge in [0, 0.05) is 11.5 Å². The van der Waals surface area contributed by atoms with Crippen LogP contribution in [0.25, 0.3) is 16.4 Å². The molecule has 0 radical (unpaired) electrons. The molecule has 2 N–H and O–H groups in total. The van der Waals surface area contributed by atoms with Gasteiger partial charge >= 0.3 is 17.6 Å². The van der Waals surface area contributed by atoms with E-state index in [1.807, 2.05) is 0 Å². The molecule has 0 amide bonds. The SMILES string of the molecule is CCOC(=O)c1c(C(=O)O)nn2c(=O)[nH]c3cc(Cl)c([N+](=O)[O-])cc3c12. The molecule has 0 aliphatic carbocycles. The number of ether oxygens (including phenoxy) is 1. The lowest BCUT2D eigenvalue weighted by Crippen LogP contribution is -2.18. The molecule has 0 aliphatic rings. The maximum atomic E-state index is 12.3. The van der Waals surface area contributed by atoms with Crippen molar-refractivity contribution in [3.05, 3.63) is 49.0 Å². The highest BCUT2D eigenvalue weighted by molar-refractivity contribution is 6.33. The Morgan fingerprint density at radius 3 is 2.73 bits per heavy atom. The van der Waals surface area contributed by atoms with Crippen molar-refractivity contribution >= 4 is 45.6 Å². The second-order valence-corrected chi connectivity index (χ2v) is 5.45. The number of H-pyrrole nitrogens is 1. The third-order valence-electron chi connectivity index (χ3n) is 3.54. The second kappa shape index (κ2) is 6.11. The summed E-state index contributed by atoms with van der Waals surface area (Å²) in [5.74, 6) is -2.59. The lowest BCUT2D eigenvalue weighted by atomic mass is 10.1. The van der Waals surface area contributed by atoms with Crippen molar-refractivity contribution in [3.63, 3.8) is 0 Å². The van der Waals surface area contributed by atoms with Crippen LogP contribution >= 0.6 is 11.6 Å². The number of carboxylic acids is 1. The molecule has 2 heterocycles. The van der Waals surface area contributed by atoms with Gasteiger partial charge in [-0.2, -0.15) is 9.61 Å². The number of nitro groups is 1. The van der Waals surface area contributed by atoms with E-state index >= 15 is 0 Å². The summed E-state index contributed by atoms with van der Waals surface area (Å²) in [4.78, 5) is 48.7. The molecule has 2 aromatic heterocycles. The first-order valence-corrected chi connectivity index (χ1v) is 7.47. The van der Waals surface area contributed by atoms with Crippen molar-refractivity contribution in [2.24, 2.45) is 0 Å². The number of nitro benzene ring substituents is 1. The van der Waals surface area contributed by atoms with Gasteiger partial charge in [0.1, 0.15) is 10.6 Å². The van der Waals surface area contributed by atoms with Gasteiger partial charge in [0.05, 0.1) is 22.6 Å². The first-order chi connectivity index (χ1) is 12.3. The van der Waals surface area contributed by atoms with Crippen LogP contribution in [0, 0.1) is 10.1 Å². The van der Waals surface area contributed by atoms with Crippen molar-refractivity contribution < 1.29 is 24.4 Å². The van der Waals surface area contributed by atoms with Crippen LogP contribution in [0.2, 0.25) is 5.02 Å². The number of halogens is 1. The molecule has 0 spiro atoms. The smallest absolute Gasteiger partial charge is 0.357 e. The van der Waals surface area contributed by atoms with Gasteiger partial charge in [0.2, 0.25) is 0 Å². The number of carboxylic acid groups (broad SMARTS) is 1. The fraction of sp³-hybridized carbons (Fsp3) is 0.143. The summed E-state index contributed by atoms with van der Waals surface area (Å²) < 4.78 is 5.50. The van der Waals surface area contributed by atoms with Gasteiger partial charge in [0.25, 0.3) is 5.69 Å². The van der Waals surface area contributed by atoms with E-state index in [1.54, 1.807) is 0 Å². The summed E-state index contributed by atoms with van der Waals surface area (Å²) in [6.45, 7) is 1.46. The zero-order chi connectivity index (χ0) is 19.2. The monoisotopic (exact) mass is 380 g/mol. The number of carbonyl (C=O) groups is 2. The number of nitrogens with zero attached hydrogens (tertiary/aromatic N) is 3. The normalized spacial score (nSPS) is 11.0. The zero-order valence-electron chi connectivity index (χ0n) is 13.0. The average Bonchev–Trinajstić information content (AvgIpc) is 2.96. The zero-order valence-corrected chi connectivity index (χ0v) is 13.7. The molecule has 26 heavy (non-hydrogen) atoms. The number of aromatic nitrogens is 3. The van der Waals surface area contributed by atoms with Crippen LogP contribution in [0.1, 0.15) is 27.8 Å². The molecule has 0 fully saturated rings. The van der Waals surface area contributed by atoms with Crippen LogP contribution in [0.3, 0.4) is 0 Å². The lowest BCUT2D eigenvalue weighted by Gasteiger charge is -2.05. The van der Waals surface area contributed by atoms with Crippen molar-refractivity contribution in [1.82, 2.24) is 14.6 Å². The number of carbonyl (C=O) groups excluding carboxylic acids is 1. The van der Waals surface area contributed by atoms with Crippen molar-refractivity contribution in [2.75, 3.05) is 6.61 Å². The molecule has 3 aromatic rings. The third-order valence-corrected chi connectivity index (χ3v) is 3.84. The van der Waals surface area contributed by atoms with Crippen LogP contribution in [-0.2, 0) is 4.74 Å². The van der Waals surface area contributed by atoms with Crippen LogP contribution in [0.15, 0.2) is 16.9 Å². The molecule has 0 atom stereocenters. The molecule has 0 unspecified atom stereocenters. The Hall–Kier alpha value is -3.47. The van der Waals surface area contributed by atoms with Crippen molar-refractivity contribution in [3.8, 4) is 0 Å². The van der Waals surface area contributed by atoms with E-state index < -0.39 is 39.5 Å². The largest absolute Gasteiger partial charge is 0.476 e. The number of aromatic amines is 1. The Morgan fingerprint density at radius 1 is 1.46 bits per heavy atom. The van der Waals surface area contributed by atoms with E-state index in [4.69, 9.17) is 16.3 Å². The minimum atomic E-state index is -1.56. The topological polar surface area (TPSA) is 157 Å². The van der Waals surface area contributed by atoms with Gasteiger partial charge in [-0.25, -0.2) is 14.4 Å². The molecular weight excluding hydrogens is 372 g/mol. The standard InChI is InChI=1S/C14H9ClN4O7/c1-2-26-13(22)9-10(12(20)21)17-18-11(9)5-3-8(19(24)25)6(15)4-7(5)16-14(18)23/h3-4H,2H2,1H3,(H,16,23)(H,20,21). The Balaban J connectivity index is 2.57. The highest BCUT2D eigenvalue weighted by Crippen LogP contribution is 2.32. The van der Waals surface area contributed by atoms with E-state index in [9.17, 15) is 29.6 Å². The van der Waals surface area contributed by atoms with E-state index in [2.05, 4.69) is 10.1 Å². The molecule has 0 bridgehead atoms. The third kappa shape index (κ3) is 2.54. The summed E-state index contributed by atoms with van der Waals surface area (Å²) in [5.41, 5.74) is -2.68. The van der Waals surface area contributed by atoms with Gasteiger partial charge in [-0.1, -0.05) is 11.6 Å². The van der Waals surface area contributed by atoms with Crippen LogP contribution in [-0.4, -0.2) is 43.2 Å². The Morgan fingerprint density at radius 2 is 2.15 bits per heavy atom. The fourth-order valence-corrected chi connectivity index (χ4v) is 2.76. The average molecular weight is 381 g/mol. The van der Waals surface area contributed by atoms with Crippen molar-refractivity contribution in [1.29, 1.82) is 0 Å². The summed E-state index contributed by atoms with van der Waals surface area (Å²) in [5, 5.41) is 23.9. The highest BCUT2D eigenvalue weighted by atomic mass is 35.5. The number of hydrogen-bond acceptors (Lipinski definition) is 7. The minimum absolute atomic E-state index is 0.0174. The fourth-order valence-electron chi connectivity index (χ4n) is 2.53. The van der Waals surface area contributed by atoms with E-state index in [1.165, 1.54) is 6.92 Å². The predicted octanol–water partition coefficient (Wildman–Crippen LogP) is 1.61. The molecule has 11 nitrogen and oxygen atoms in total. The molecule has 0 saturated heterocycles. The molecule has 134 valence electrons. The van der Waals surface area contributed by atoms with Gasteiger partial charge in [-0.15, -0.1) is 0 Å². The molecule has 3 rings (SSSR count). The number of aromatic carboxylic acids is 1. The van der Waals surface area contributed by atoms with Crippen LogP contribution in [0.4, 0.5) is 5.69 Å². The van der Waals surface area contributed by atoms with E-state index in [-0.39, 0.29) is 28.0 Å². The summed E-state index contributed by atoms with van der Waals surface area (Å²) in [7, 11) is 0. The van der Waals surface area contributed by atoms with Crippen LogP contribution in [0.5, 0.6) is 0 Å². The van der Waals surface area contributed by atoms with Gasteiger partial charge in [-0.3, -0.25) is 10.1 Å². The first kappa shape index (κ1) is 17.4. The number of esters is 1.